The Morgan fingerprint density at radius 3 is 1.05 bits per heavy atom. The van der Waals surface area contributed by atoms with Crippen LogP contribution >= 0.6 is 0 Å². The van der Waals surface area contributed by atoms with Crippen molar-refractivity contribution in [2.24, 2.45) is 0 Å². The molecule has 0 saturated carbocycles. The van der Waals surface area contributed by atoms with Crippen molar-refractivity contribution in [1.29, 1.82) is 0 Å². The number of aryl methyl sites for hydroxylation is 3. The van der Waals surface area contributed by atoms with Gasteiger partial charge >= 0.3 is 0 Å². The van der Waals surface area contributed by atoms with Gasteiger partial charge in [-0.25, -0.2) is 4.98 Å². The molecule has 0 aliphatic carbocycles. The van der Waals surface area contributed by atoms with E-state index in [1.807, 2.05) is 0 Å². The SMILES string of the molecule is Cc1ccc(-c2c3nc(c(-c4ccc(C)cc4)c4ccc([nH]4)c(-c4ccc(C)cc4)c4ccc2[nH]4)C=C3)cc1. The Bertz CT molecular complexity index is 1830. The Labute approximate surface area is 228 Å². The van der Waals surface area contributed by atoms with Crippen LogP contribution in [-0.2, 0) is 0 Å². The first-order valence-corrected chi connectivity index (χ1v) is 13.4. The molecule has 0 atom stereocenters. The molecule has 2 N–H and O–H groups in total. The summed E-state index contributed by atoms with van der Waals surface area (Å²) in [5.74, 6) is 0. The third kappa shape index (κ3) is 4.13. The molecule has 0 fully saturated rings. The number of nitrogens with zero attached hydrogens (tertiary/aromatic N) is 1. The summed E-state index contributed by atoms with van der Waals surface area (Å²) in [6.45, 7) is 6.37. The lowest BCUT2D eigenvalue weighted by atomic mass is 10.0. The topological polar surface area (TPSA) is 44.5 Å². The zero-order valence-electron chi connectivity index (χ0n) is 22.3. The summed E-state index contributed by atoms with van der Waals surface area (Å²) < 4.78 is 0. The van der Waals surface area contributed by atoms with Crippen molar-refractivity contribution in [2.75, 3.05) is 0 Å². The second-order valence-electron chi connectivity index (χ2n) is 10.5. The molecule has 3 aromatic carbocycles. The molecule has 7 rings (SSSR count). The maximum atomic E-state index is 5.24. The minimum Gasteiger partial charge on any atom is -0.354 e. The fraction of sp³-hybridized carbons (Fsp3) is 0.0833. The molecule has 1 aliphatic heterocycles. The lowest BCUT2D eigenvalue weighted by Gasteiger charge is -2.07. The fourth-order valence-electron chi connectivity index (χ4n) is 5.51. The van der Waals surface area contributed by atoms with Gasteiger partial charge in [-0.15, -0.1) is 0 Å². The van der Waals surface area contributed by atoms with Crippen LogP contribution in [0.25, 0.3) is 67.6 Å². The summed E-state index contributed by atoms with van der Waals surface area (Å²) in [4.78, 5) is 12.8. The van der Waals surface area contributed by atoms with Gasteiger partial charge in [-0.05, 0) is 73.9 Å². The van der Waals surface area contributed by atoms with E-state index in [2.05, 4.69) is 140 Å². The van der Waals surface area contributed by atoms with E-state index >= 15 is 0 Å². The maximum Gasteiger partial charge on any atom is 0.0737 e. The minimum absolute atomic E-state index is 0.955. The molecular weight excluding hydrogens is 474 g/mol. The van der Waals surface area contributed by atoms with Crippen LogP contribution in [0, 0.1) is 20.8 Å². The Morgan fingerprint density at radius 1 is 0.385 bits per heavy atom. The molecule has 3 nitrogen and oxygen atoms in total. The number of aromatic amines is 2. The predicted octanol–water partition coefficient (Wildman–Crippen LogP) is 9.58. The van der Waals surface area contributed by atoms with Crippen molar-refractivity contribution in [3.05, 3.63) is 125 Å². The standard InChI is InChI=1S/C36H29N3/c1-22-4-10-25(11-5-22)34-28-16-18-30(37-28)35(26-12-6-23(2)7-13-26)32-20-21-33(39-32)36(31-19-17-29(34)38-31)27-14-8-24(3)9-15-27/h4-21,37-38H,1-3H3. The van der Waals surface area contributed by atoms with E-state index in [0.717, 1.165) is 61.3 Å². The van der Waals surface area contributed by atoms with Crippen molar-refractivity contribution < 1.29 is 0 Å². The van der Waals surface area contributed by atoms with E-state index in [-0.39, 0.29) is 0 Å². The average Bonchev–Trinajstić information content (AvgIpc) is 3.71. The van der Waals surface area contributed by atoms with Crippen LogP contribution in [0.1, 0.15) is 28.1 Å². The summed E-state index contributed by atoms with van der Waals surface area (Å²) in [5.41, 5.74) is 16.7. The van der Waals surface area contributed by atoms with E-state index in [1.165, 1.54) is 22.3 Å². The first-order chi connectivity index (χ1) is 19.0. The van der Waals surface area contributed by atoms with Crippen molar-refractivity contribution in [3.63, 3.8) is 0 Å². The molecule has 0 spiro atoms. The van der Waals surface area contributed by atoms with Gasteiger partial charge in [-0.2, -0.15) is 0 Å². The van der Waals surface area contributed by atoms with Crippen molar-refractivity contribution in [2.45, 2.75) is 20.8 Å². The van der Waals surface area contributed by atoms with Crippen molar-refractivity contribution >= 4 is 34.2 Å². The fourth-order valence-corrected chi connectivity index (χ4v) is 5.51. The van der Waals surface area contributed by atoms with Gasteiger partial charge < -0.3 is 9.97 Å². The normalized spacial score (nSPS) is 11.9. The molecule has 6 aromatic rings. The highest BCUT2D eigenvalue weighted by atomic mass is 14.8. The van der Waals surface area contributed by atoms with Crippen LogP contribution < -0.4 is 0 Å². The van der Waals surface area contributed by atoms with Gasteiger partial charge in [-0.3, -0.25) is 0 Å². The third-order valence-electron chi connectivity index (χ3n) is 7.62. The Morgan fingerprint density at radius 2 is 0.692 bits per heavy atom. The van der Waals surface area contributed by atoms with E-state index in [9.17, 15) is 0 Å². The molecule has 1 aliphatic rings. The molecule has 0 radical (unpaired) electrons. The monoisotopic (exact) mass is 503 g/mol. The van der Waals surface area contributed by atoms with Gasteiger partial charge in [0.05, 0.1) is 11.4 Å². The van der Waals surface area contributed by atoms with Crippen LogP contribution in [0.15, 0.2) is 97.1 Å². The van der Waals surface area contributed by atoms with Crippen LogP contribution in [0.5, 0.6) is 0 Å². The maximum absolute atomic E-state index is 5.24. The first-order valence-electron chi connectivity index (χ1n) is 13.4. The van der Waals surface area contributed by atoms with Gasteiger partial charge in [0, 0.05) is 38.8 Å². The summed E-state index contributed by atoms with van der Waals surface area (Å²) in [7, 11) is 0. The highest BCUT2D eigenvalue weighted by molar-refractivity contribution is 6.00. The molecule has 6 bridgehead atoms. The quantitative estimate of drug-likeness (QED) is 0.248. The molecular formula is C36H29N3. The molecule has 188 valence electrons. The number of nitrogens with one attached hydrogen (secondary N) is 2. The molecule has 0 saturated heterocycles. The smallest absolute Gasteiger partial charge is 0.0737 e. The summed E-state index contributed by atoms with van der Waals surface area (Å²) in [5, 5.41) is 0. The van der Waals surface area contributed by atoms with Crippen molar-refractivity contribution in [3.8, 4) is 33.4 Å². The summed E-state index contributed by atoms with van der Waals surface area (Å²) >= 11 is 0. The number of H-pyrrole nitrogens is 2. The van der Waals surface area contributed by atoms with Gasteiger partial charge in [0.15, 0.2) is 0 Å². The zero-order valence-corrected chi connectivity index (χ0v) is 22.3. The van der Waals surface area contributed by atoms with Crippen molar-refractivity contribution in [1.82, 2.24) is 15.0 Å². The Kier molecular flexibility index (Phi) is 5.45. The second-order valence-corrected chi connectivity index (χ2v) is 10.5. The molecule has 3 heteroatoms. The molecule has 0 unspecified atom stereocenters. The molecule has 4 heterocycles. The van der Waals surface area contributed by atoms with E-state index in [1.54, 1.807) is 0 Å². The van der Waals surface area contributed by atoms with Crippen LogP contribution in [0.2, 0.25) is 0 Å². The number of hydrogen-bond acceptors (Lipinski definition) is 1. The molecule has 0 amide bonds. The van der Waals surface area contributed by atoms with Gasteiger partial charge in [0.1, 0.15) is 0 Å². The number of rotatable bonds is 3. The minimum atomic E-state index is 0.955. The Balaban J connectivity index is 1.65. The number of hydrogen-bond donors (Lipinski definition) is 2. The van der Waals surface area contributed by atoms with Crippen LogP contribution in [0.3, 0.4) is 0 Å². The van der Waals surface area contributed by atoms with Gasteiger partial charge in [0.2, 0.25) is 0 Å². The number of fused-ring (bicyclic) bond motifs is 6. The lowest BCUT2D eigenvalue weighted by molar-refractivity contribution is 1.31. The second kappa shape index (κ2) is 9.14. The van der Waals surface area contributed by atoms with E-state index < -0.39 is 0 Å². The largest absolute Gasteiger partial charge is 0.354 e. The van der Waals surface area contributed by atoms with E-state index in [0.29, 0.717) is 0 Å². The first kappa shape index (κ1) is 23.2. The summed E-state index contributed by atoms with van der Waals surface area (Å²) in [6, 6.07) is 34.9. The third-order valence-corrected chi connectivity index (χ3v) is 7.62. The predicted molar refractivity (Wildman–Crippen MR) is 165 cm³/mol. The number of aromatic nitrogens is 3. The van der Waals surface area contributed by atoms with E-state index in [4.69, 9.17) is 4.98 Å². The van der Waals surface area contributed by atoms with Crippen LogP contribution in [-0.4, -0.2) is 15.0 Å². The highest BCUT2D eigenvalue weighted by Gasteiger charge is 2.17. The summed E-state index contributed by atoms with van der Waals surface area (Å²) in [6.07, 6.45) is 4.29. The average molecular weight is 504 g/mol. The van der Waals surface area contributed by atoms with Gasteiger partial charge in [0.25, 0.3) is 0 Å². The molecule has 39 heavy (non-hydrogen) atoms. The number of benzene rings is 3. The Hall–Kier alpha value is -4.89. The van der Waals surface area contributed by atoms with Crippen LogP contribution in [0.4, 0.5) is 0 Å². The molecule has 3 aromatic heterocycles. The highest BCUT2D eigenvalue weighted by Crippen LogP contribution is 2.37. The zero-order chi connectivity index (χ0) is 26.5. The van der Waals surface area contributed by atoms with Gasteiger partial charge in [-0.1, -0.05) is 89.5 Å². The lowest BCUT2D eigenvalue weighted by Crippen LogP contribution is -1.89.